The molecule has 1 aromatic rings. The molecule has 13 heavy (non-hydrogen) atoms. The van der Waals surface area contributed by atoms with Gasteiger partial charge in [0.1, 0.15) is 0 Å². The van der Waals surface area contributed by atoms with Crippen LogP contribution < -0.4 is 10.5 Å². The van der Waals surface area contributed by atoms with E-state index >= 15 is 0 Å². The van der Waals surface area contributed by atoms with Gasteiger partial charge in [-0.3, -0.25) is 0 Å². The summed E-state index contributed by atoms with van der Waals surface area (Å²) >= 11 is 0. The molecule has 2 rings (SSSR count). The Hall–Kier alpha value is -1.22. The minimum absolute atomic E-state index is 0.00505. The number of phenols is 1. The fourth-order valence-electron chi connectivity index (χ4n) is 1.66. The second-order valence-corrected chi connectivity index (χ2v) is 3.45. The fraction of sp³-hybridized carbons (Fsp3) is 0.400. The lowest BCUT2D eigenvalue weighted by atomic mass is 9.99. The molecule has 3 N–H and O–H groups in total. The maximum absolute atomic E-state index is 9.57. The molecule has 3 nitrogen and oxygen atoms in total. The van der Waals surface area contributed by atoms with Crippen molar-refractivity contribution in [1.29, 1.82) is 0 Å². The minimum atomic E-state index is -0.00505. The van der Waals surface area contributed by atoms with E-state index < -0.39 is 0 Å². The van der Waals surface area contributed by atoms with Crippen LogP contribution in [0.3, 0.4) is 0 Å². The Labute approximate surface area is 77.1 Å². The van der Waals surface area contributed by atoms with E-state index in [1.165, 1.54) is 0 Å². The fourth-order valence-corrected chi connectivity index (χ4v) is 1.66. The normalized spacial score (nSPS) is 20.6. The van der Waals surface area contributed by atoms with Crippen LogP contribution in [0.15, 0.2) is 12.1 Å². The molecule has 1 aromatic carbocycles. The van der Waals surface area contributed by atoms with Crippen molar-refractivity contribution in [3.05, 3.63) is 23.3 Å². The number of hydrogen-bond donors (Lipinski definition) is 2. The van der Waals surface area contributed by atoms with Crippen molar-refractivity contribution >= 4 is 0 Å². The van der Waals surface area contributed by atoms with E-state index in [2.05, 4.69) is 0 Å². The van der Waals surface area contributed by atoms with Crippen LogP contribution >= 0.6 is 0 Å². The van der Waals surface area contributed by atoms with Crippen LogP contribution in [-0.4, -0.2) is 11.7 Å². The lowest BCUT2D eigenvalue weighted by molar-refractivity contribution is 0.255. The van der Waals surface area contributed by atoms with E-state index in [0.29, 0.717) is 12.4 Å². The van der Waals surface area contributed by atoms with E-state index in [-0.39, 0.29) is 11.8 Å². The molecule has 1 aliphatic rings. The predicted molar refractivity (Wildman–Crippen MR) is 49.9 cm³/mol. The van der Waals surface area contributed by atoms with Crippen LogP contribution in [0.1, 0.15) is 23.6 Å². The van der Waals surface area contributed by atoms with Crippen molar-refractivity contribution in [2.24, 2.45) is 5.73 Å². The standard InChI is InChI=1S/C10H13NO2/c1-6-4-7-8(11)2-3-13-10(7)9(12)5-6/h4-5,8,12H,2-3,11H2,1H3. The number of aryl methyl sites for hydroxylation is 1. The summed E-state index contributed by atoms with van der Waals surface area (Å²) in [5.74, 6) is 0.759. The Balaban J connectivity index is 2.56. The first kappa shape index (κ1) is 8.38. The highest BCUT2D eigenvalue weighted by Crippen LogP contribution is 2.38. The highest BCUT2D eigenvalue weighted by molar-refractivity contribution is 5.50. The molecule has 0 saturated carbocycles. The van der Waals surface area contributed by atoms with Crippen LogP contribution in [0.2, 0.25) is 0 Å². The van der Waals surface area contributed by atoms with Crippen molar-refractivity contribution in [3.8, 4) is 11.5 Å². The number of benzene rings is 1. The third kappa shape index (κ3) is 1.35. The lowest BCUT2D eigenvalue weighted by Crippen LogP contribution is -2.20. The Bertz CT molecular complexity index is 336. The van der Waals surface area contributed by atoms with Crippen LogP contribution in [0, 0.1) is 6.92 Å². The van der Waals surface area contributed by atoms with E-state index in [4.69, 9.17) is 10.5 Å². The molecule has 3 heteroatoms. The van der Waals surface area contributed by atoms with Gasteiger partial charge in [-0.2, -0.15) is 0 Å². The van der Waals surface area contributed by atoms with Crippen LogP contribution in [0.25, 0.3) is 0 Å². The van der Waals surface area contributed by atoms with Crippen LogP contribution in [-0.2, 0) is 0 Å². The molecule has 0 amide bonds. The van der Waals surface area contributed by atoms with E-state index in [9.17, 15) is 5.11 Å². The largest absolute Gasteiger partial charge is 0.504 e. The Morgan fingerprint density at radius 3 is 3.08 bits per heavy atom. The lowest BCUT2D eigenvalue weighted by Gasteiger charge is -2.23. The van der Waals surface area contributed by atoms with E-state index in [1.807, 2.05) is 13.0 Å². The van der Waals surface area contributed by atoms with Gasteiger partial charge in [-0.15, -0.1) is 0 Å². The van der Waals surface area contributed by atoms with Gasteiger partial charge in [0, 0.05) is 18.0 Å². The van der Waals surface area contributed by atoms with Gasteiger partial charge >= 0.3 is 0 Å². The highest BCUT2D eigenvalue weighted by atomic mass is 16.5. The molecule has 0 bridgehead atoms. The van der Waals surface area contributed by atoms with Gasteiger partial charge in [-0.25, -0.2) is 0 Å². The number of aromatic hydroxyl groups is 1. The summed E-state index contributed by atoms with van der Waals surface area (Å²) in [6, 6.07) is 3.66. The van der Waals surface area contributed by atoms with Gasteiger partial charge < -0.3 is 15.6 Å². The first-order valence-electron chi connectivity index (χ1n) is 4.40. The zero-order valence-corrected chi connectivity index (χ0v) is 7.58. The molecule has 0 saturated heterocycles. The Morgan fingerprint density at radius 1 is 1.54 bits per heavy atom. The number of nitrogens with two attached hydrogens (primary N) is 1. The summed E-state index contributed by atoms with van der Waals surface area (Å²) in [6.07, 6.45) is 0.815. The Morgan fingerprint density at radius 2 is 2.31 bits per heavy atom. The second-order valence-electron chi connectivity index (χ2n) is 3.45. The van der Waals surface area contributed by atoms with E-state index in [0.717, 1.165) is 17.5 Å². The predicted octanol–water partition coefficient (Wildman–Crippen LogP) is 1.48. The smallest absolute Gasteiger partial charge is 0.165 e. The van der Waals surface area contributed by atoms with Crippen molar-refractivity contribution in [2.75, 3.05) is 6.61 Å². The zero-order valence-electron chi connectivity index (χ0n) is 7.58. The molecule has 1 aliphatic heterocycles. The average Bonchev–Trinajstić information content (AvgIpc) is 2.07. The molecule has 0 aromatic heterocycles. The van der Waals surface area contributed by atoms with Crippen molar-refractivity contribution in [2.45, 2.75) is 19.4 Å². The maximum Gasteiger partial charge on any atom is 0.165 e. The van der Waals surface area contributed by atoms with Crippen LogP contribution in [0.5, 0.6) is 11.5 Å². The maximum atomic E-state index is 9.57. The molecule has 1 unspecified atom stereocenters. The molecular formula is C10H13NO2. The summed E-state index contributed by atoms with van der Waals surface area (Å²) in [4.78, 5) is 0. The quantitative estimate of drug-likeness (QED) is 0.634. The van der Waals surface area contributed by atoms with Gasteiger partial charge in [-0.05, 0) is 18.6 Å². The summed E-state index contributed by atoms with van der Waals surface area (Å²) < 4.78 is 5.35. The molecule has 0 fully saturated rings. The molecular weight excluding hydrogens is 166 g/mol. The van der Waals surface area contributed by atoms with Gasteiger partial charge in [0.05, 0.1) is 6.61 Å². The Kier molecular flexibility index (Phi) is 1.88. The summed E-state index contributed by atoms with van der Waals surface area (Å²) in [5.41, 5.74) is 7.82. The van der Waals surface area contributed by atoms with Crippen LogP contribution in [0.4, 0.5) is 0 Å². The summed E-state index contributed by atoms with van der Waals surface area (Å²) in [7, 11) is 0. The molecule has 0 radical (unpaired) electrons. The highest BCUT2D eigenvalue weighted by Gasteiger charge is 2.21. The third-order valence-corrected chi connectivity index (χ3v) is 2.32. The third-order valence-electron chi connectivity index (χ3n) is 2.32. The minimum Gasteiger partial charge on any atom is -0.504 e. The molecule has 0 aliphatic carbocycles. The first-order valence-corrected chi connectivity index (χ1v) is 4.40. The second kappa shape index (κ2) is 2.92. The topological polar surface area (TPSA) is 55.5 Å². The monoisotopic (exact) mass is 179 g/mol. The van der Waals surface area contributed by atoms with Gasteiger partial charge in [-0.1, -0.05) is 6.07 Å². The number of ether oxygens (including phenoxy) is 1. The van der Waals surface area contributed by atoms with Crippen molar-refractivity contribution in [1.82, 2.24) is 0 Å². The van der Waals surface area contributed by atoms with Gasteiger partial charge in [0.2, 0.25) is 0 Å². The number of hydrogen-bond acceptors (Lipinski definition) is 3. The average molecular weight is 179 g/mol. The molecule has 1 atom stereocenters. The zero-order chi connectivity index (χ0) is 9.42. The van der Waals surface area contributed by atoms with Gasteiger partial charge in [0.15, 0.2) is 11.5 Å². The van der Waals surface area contributed by atoms with Crippen molar-refractivity contribution in [3.63, 3.8) is 0 Å². The van der Waals surface area contributed by atoms with E-state index in [1.54, 1.807) is 6.07 Å². The molecule has 1 heterocycles. The number of phenolic OH excluding ortho intramolecular Hbond substituents is 1. The number of rotatable bonds is 0. The first-order chi connectivity index (χ1) is 6.18. The summed E-state index contributed by atoms with van der Waals surface area (Å²) in [6.45, 7) is 2.52. The summed E-state index contributed by atoms with van der Waals surface area (Å²) in [5, 5.41) is 9.57. The van der Waals surface area contributed by atoms with Gasteiger partial charge in [0.25, 0.3) is 0 Å². The van der Waals surface area contributed by atoms with Crippen molar-refractivity contribution < 1.29 is 9.84 Å². The number of fused-ring (bicyclic) bond motifs is 1. The molecule has 0 spiro atoms. The molecule has 70 valence electrons. The SMILES string of the molecule is Cc1cc(O)c2c(c1)C(N)CCO2.